The Kier molecular flexibility index (Phi) is 6.78. The van der Waals surface area contributed by atoms with Crippen LogP contribution in [0.1, 0.15) is 31.0 Å². The average molecular weight is 474 g/mol. The molecule has 1 unspecified atom stereocenters. The van der Waals surface area contributed by atoms with Crippen LogP contribution in [0.15, 0.2) is 78.4 Å². The van der Waals surface area contributed by atoms with Gasteiger partial charge in [0.25, 0.3) is 11.7 Å². The van der Waals surface area contributed by atoms with Crippen molar-refractivity contribution in [2.75, 3.05) is 19.1 Å². The summed E-state index contributed by atoms with van der Waals surface area (Å²) in [4.78, 5) is 27.9. The van der Waals surface area contributed by atoms with Crippen molar-refractivity contribution in [2.24, 2.45) is 0 Å². The molecule has 1 heterocycles. The third kappa shape index (κ3) is 4.57. The minimum atomic E-state index is -0.835. The number of aliphatic hydroxyl groups excluding tert-OH is 1. The first-order valence-corrected chi connectivity index (χ1v) is 11.2. The van der Waals surface area contributed by atoms with E-state index in [1.165, 1.54) is 19.1 Å². The normalized spacial score (nSPS) is 17.1. The van der Waals surface area contributed by atoms with Gasteiger partial charge in [-0.1, -0.05) is 30.3 Å². The van der Waals surface area contributed by atoms with Gasteiger partial charge in [-0.2, -0.15) is 0 Å². The average Bonchev–Trinajstić information content (AvgIpc) is 3.14. The highest BCUT2D eigenvalue weighted by molar-refractivity contribution is 6.51. The number of para-hydroxylation sites is 1. The van der Waals surface area contributed by atoms with E-state index < -0.39 is 17.7 Å². The second-order valence-electron chi connectivity index (χ2n) is 8.31. The monoisotopic (exact) mass is 473 g/mol. The number of anilines is 1. The maximum atomic E-state index is 13.3. The van der Waals surface area contributed by atoms with Gasteiger partial charge in [0.2, 0.25) is 0 Å². The molecule has 7 heteroatoms. The highest BCUT2D eigenvalue weighted by Gasteiger charge is 2.47. The number of benzene rings is 3. The molecule has 3 aromatic carbocycles. The van der Waals surface area contributed by atoms with Crippen molar-refractivity contribution in [3.05, 3.63) is 89.5 Å². The second kappa shape index (κ2) is 9.93. The summed E-state index contributed by atoms with van der Waals surface area (Å²) in [6.45, 7) is 3.86. The number of amides is 1. The number of carbonyl (C=O) groups is 2. The number of aliphatic hydroxyl groups is 1. The Balaban J connectivity index is 1.89. The third-order valence-corrected chi connectivity index (χ3v) is 5.70. The lowest BCUT2D eigenvalue weighted by Crippen LogP contribution is -2.29. The van der Waals surface area contributed by atoms with Gasteiger partial charge in [0, 0.05) is 11.3 Å². The summed E-state index contributed by atoms with van der Waals surface area (Å²) < 4.78 is 16.4. The Morgan fingerprint density at radius 1 is 0.886 bits per heavy atom. The van der Waals surface area contributed by atoms with Gasteiger partial charge >= 0.3 is 0 Å². The molecule has 0 spiro atoms. The van der Waals surface area contributed by atoms with E-state index in [0.717, 1.165) is 0 Å². The van der Waals surface area contributed by atoms with Crippen molar-refractivity contribution < 1.29 is 28.9 Å². The molecule has 1 fully saturated rings. The first kappa shape index (κ1) is 23.9. The van der Waals surface area contributed by atoms with Gasteiger partial charge in [0.15, 0.2) is 11.5 Å². The van der Waals surface area contributed by atoms with Crippen LogP contribution >= 0.6 is 0 Å². The standard InChI is InChI=1S/C28H27NO6/c1-17(2)35-21-13-10-18(11-14-21)25-24(26(30)19-12-15-22(33-3)23(16-19)34-4)27(31)28(32)29(25)20-8-6-5-7-9-20/h5-17,25,30H,1-4H3/b26-24-. The van der Waals surface area contributed by atoms with Crippen LogP contribution in [0.4, 0.5) is 5.69 Å². The Morgan fingerprint density at radius 2 is 1.54 bits per heavy atom. The van der Waals surface area contributed by atoms with E-state index in [1.54, 1.807) is 66.7 Å². The number of rotatable bonds is 7. The lowest BCUT2D eigenvalue weighted by atomic mass is 9.95. The van der Waals surface area contributed by atoms with Crippen LogP contribution in [-0.2, 0) is 9.59 Å². The minimum Gasteiger partial charge on any atom is -0.507 e. The van der Waals surface area contributed by atoms with Crippen molar-refractivity contribution in [1.82, 2.24) is 0 Å². The van der Waals surface area contributed by atoms with Crippen LogP contribution in [0.25, 0.3) is 5.76 Å². The number of hydrogen-bond donors (Lipinski definition) is 1. The fourth-order valence-corrected chi connectivity index (χ4v) is 4.14. The molecule has 1 amide bonds. The van der Waals surface area contributed by atoms with E-state index in [-0.39, 0.29) is 17.4 Å². The van der Waals surface area contributed by atoms with E-state index in [1.807, 2.05) is 19.9 Å². The van der Waals surface area contributed by atoms with Crippen molar-refractivity contribution in [3.63, 3.8) is 0 Å². The van der Waals surface area contributed by atoms with Gasteiger partial charge in [0.05, 0.1) is 31.9 Å². The van der Waals surface area contributed by atoms with Gasteiger partial charge in [-0.05, 0) is 61.9 Å². The van der Waals surface area contributed by atoms with Crippen molar-refractivity contribution in [2.45, 2.75) is 26.0 Å². The number of ketones is 1. The van der Waals surface area contributed by atoms with Gasteiger partial charge in [-0.3, -0.25) is 14.5 Å². The van der Waals surface area contributed by atoms with E-state index in [4.69, 9.17) is 14.2 Å². The lowest BCUT2D eigenvalue weighted by Gasteiger charge is -2.25. The fraction of sp³-hybridized carbons (Fsp3) is 0.214. The molecule has 0 radical (unpaired) electrons. The van der Waals surface area contributed by atoms with Gasteiger partial charge in [-0.25, -0.2) is 0 Å². The lowest BCUT2D eigenvalue weighted by molar-refractivity contribution is -0.132. The zero-order chi connectivity index (χ0) is 25.1. The molecule has 1 atom stereocenters. The number of hydrogen-bond acceptors (Lipinski definition) is 6. The molecule has 180 valence electrons. The minimum absolute atomic E-state index is 0.000794. The van der Waals surface area contributed by atoms with E-state index in [2.05, 4.69) is 0 Å². The fourth-order valence-electron chi connectivity index (χ4n) is 4.14. The van der Waals surface area contributed by atoms with Gasteiger partial charge < -0.3 is 19.3 Å². The first-order valence-electron chi connectivity index (χ1n) is 11.2. The van der Waals surface area contributed by atoms with Crippen LogP contribution in [-0.4, -0.2) is 37.1 Å². The summed E-state index contributed by atoms with van der Waals surface area (Å²) in [5.74, 6) is -0.249. The summed E-state index contributed by atoms with van der Waals surface area (Å²) in [7, 11) is 2.99. The summed E-state index contributed by atoms with van der Waals surface area (Å²) >= 11 is 0. The Bertz CT molecular complexity index is 1260. The Labute approximate surface area is 204 Å². The number of carbonyl (C=O) groups excluding carboxylic acids is 2. The number of ether oxygens (including phenoxy) is 3. The topological polar surface area (TPSA) is 85.3 Å². The van der Waals surface area contributed by atoms with Crippen molar-refractivity contribution in [1.29, 1.82) is 0 Å². The maximum Gasteiger partial charge on any atom is 0.300 e. The summed E-state index contributed by atoms with van der Waals surface area (Å²) in [5.41, 5.74) is 1.53. The second-order valence-corrected chi connectivity index (χ2v) is 8.31. The summed E-state index contributed by atoms with van der Waals surface area (Å²) in [6.07, 6.45) is 0.000794. The molecule has 0 bridgehead atoms. The quantitative estimate of drug-likeness (QED) is 0.291. The molecule has 3 aromatic rings. The molecule has 1 aliphatic heterocycles. The molecule has 7 nitrogen and oxygen atoms in total. The Hall–Kier alpha value is -4.26. The first-order chi connectivity index (χ1) is 16.8. The highest BCUT2D eigenvalue weighted by atomic mass is 16.5. The molecule has 1 N–H and O–H groups in total. The van der Waals surface area contributed by atoms with Gasteiger partial charge in [-0.15, -0.1) is 0 Å². The zero-order valence-electron chi connectivity index (χ0n) is 20.0. The molecule has 0 aromatic heterocycles. The summed E-state index contributed by atoms with van der Waals surface area (Å²) in [5, 5.41) is 11.3. The SMILES string of the molecule is COc1ccc(/C(O)=C2/C(=O)C(=O)N(c3ccccc3)C2c2ccc(OC(C)C)cc2)cc1OC. The summed E-state index contributed by atoms with van der Waals surface area (Å²) in [6, 6.07) is 20.1. The predicted molar refractivity (Wildman–Crippen MR) is 133 cm³/mol. The van der Waals surface area contributed by atoms with Crippen molar-refractivity contribution >= 4 is 23.1 Å². The molecular weight excluding hydrogens is 446 g/mol. The van der Waals surface area contributed by atoms with Crippen molar-refractivity contribution in [3.8, 4) is 17.2 Å². The molecule has 1 saturated heterocycles. The molecular formula is C28H27NO6. The van der Waals surface area contributed by atoms with Gasteiger partial charge in [0.1, 0.15) is 11.5 Å². The number of nitrogens with zero attached hydrogens (tertiary/aromatic N) is 1. The molecule has 0 saturated carbocycles. The number of Topliss-reactive ketones (excluding diaryl/α,β-unsaturated/α-hetero) is 1. The molecule has 1 aliphatic rings. The van der Waals surface area contributed by atoms with E-state index in [9.17, 15) is 14.7 Å². The molecule has 35 heavy (non-hydrogen) atoms. The largest absolute Gasteiger partial charge is 0.507 e. The van der Waals surface area contributed by atoms with E-state index in [0.29, 0.717) is 34.1 Å². The smallest absolute Gasteiger partial charge is 0.300 e. The Morgan fingerprint density at radius 3 is 2.14 bits per heavy atom. The highest BCUT2D eigenvalue weighted by Crippen LogP contribution is 2.43. The third-order valence-electron chi connectivity index (χ3n) is 5.70. The van der Waals surface area contributed by atoms with Crippen LogP contribution in [0.2, 0.25) is 0 Å². The van der Waals surface area contributed by atoms with E-state index >= 15 is 0 Å². The molecule has 0 aliphatic carbocycles. The zero-order valence-corrected chi connectivity index (χ0v) is 20.0. The van der Waals surface area contributed by atoms with Crippen LogP contribution in [0.5, 0.6) is 17.2 Å². The van der Waals surface area contributed by atoms with Crippen LogP contribution in [0.3, 0.4) is 0 Å². The predicted octanol–water partition coefficient (Wildman–Crippen LogP) is 5.12. The number of methoxy groups -OCH3 is 2. The van der Waals surface area contributed by atoms with Crippen LogP contribution in [0, 0.1) is 0 Å². The maximum absolute atomic E-state index is 13.3. The van der Waals surface area contributed by atoms with Crippen LogP contribution < -0.4 is 19.1 Å². The molecule has 4 rings (SSSR count).